The van der Waals surface area contributed by atoms with Crippen molar-refractivity contribution >= 4 is 11.9 Å². The molecule has 1 saturated heterocycles. The number of esters is 1. The molecule has 1 amide bonds. The Balaban J connectivity index is 1.55. The molecule has 2 aromatic rings. The van der Waals surface area contributed by atoms with Crippen molar-refractivity contribution in [3.63, 3.8) is 0 Å². The first-order valence-electron chi connectivity index (χ1n) is 8.64. The summed E-state index contributed by atoms with van der Waals surface area (Å²) in [6.07, 6.45) is -0.142. The molecular weight excluding hydrogens is 354 g/mol. The van der Waals surface area contributed by atoms with Crippen molar-refractivity contribution in [2.45, 2.75) is 32.6 Å². The van der Waals surface area contributed by atoms with E-state index in [9.17, 15) is 14.4 Å². The van der Waals surface area contributed by atoms with E-state index in [2.05, 4.69) is 5.10 Å². The fourth-order valence-corrected chi connectivity index (χ4v) is 2.89. The lowest BCUT2D eigenvalue weighted by molar-refractivity contribution is -0.157. The van der Waals surface area contributed by atoms with Crippen molar-refractivity contribution in [1.82, 2.24) is 14.7 Å². The predicted molar refractivity (Wildman–Crippen MR) is 93.7 cm³/mol. The quantitative estimate of drug-likeness (QED) is 0.708. The molecule has 0 bridgehead atoms. The number of aromatic nitrogens is 2. The molecular formula is C18H21N3O6. The maximum absolute atomic E-state index is 12.2. The van der Waals surface area contributed by atoms with Gasteiger partial charge in [-0.15, -0.1) is 5.10 Å². The van der Waals surface area contributed by atoms with Gasteiger partial charge in [0.15, 0.2) is 6.61 Å². The van der Waals surface area contributed by atoms with E-state index >= 15 is 0 Å². The minimum Gasteiger partial charge on any atom is -0.454 e. The molecule has 9 heteroatoms. The third-order valence-electron chi connectivity index (χ3n) is 4.03. The fraction of sp³-hybridized carbons (Fsp3) is 0.444. The number of ether oxygens (including phenoxy) is 2. The average molecular weight is 375 g/mol. The summed E-state index contributed by atoms with van der Waals surface area (Å²) in [5.41, 5.74) is 0.618. The number of rotatable bonds is 5. The molecule has 0 radical (unpaired) electrons. The molecule has 0 N–H and O–H groups in total. The highest BCUT2D eigenvalue weighted by Crippen LogP contribution is 2.14. The van der Waals surface area contributed by atoms with E-state index in [1.165, 1.54) is 0 Å². The number of carbonyl (C=O) groups is 2. The number of amides is 1. The predicted octanol–water partition coefficient (Wildman–Crippen LogP) is 0.682. The van der Waals surface area contributed by atoms with E-state index in [0.717, 1.165) is 4.68 Å². The Morgan fingerprint density at radius 1 is 1.19 bits per heavy atom. The second-order valence-electron chi connectivity index (χ2n) is 6.41. The molecule has 2 heterocycles. The van der Waals surface area contributed by atoms with Gasteiger partial charge in [-0.25, -0.2) is 4.79 Å². The summed E-state index contributed by atoms with van der Waals surface area (Å²) in [5.74, 6) is -1.70. The van der Waals surface area contributed by atoms with Gasteiger partial charge in [-0.1, -0.05) is 18.2 Å². The number of benzene rings is 1. The van der Waals surface area contributed by atoms with Crippen LogP contribution in [-0.4, -0.2) is 58.5 Å². The molecule has 1 fully saturated rings. The van der Waals surface area contributed by atoms with E-state index < -0.39 is 24.9 Å². The zero-order valence-corrected chi connectivity index (χ0v) is 15.2. The van der Waals surface area contributed by atoms with Crippen LogP contribution in [0.15, 0.2) is 39.5 Å². The van der Waals surface area contributed by atoms with Crippen molar-refractivity contribution in [1.29, 1.82) is 0 Å². The van der Waals surface area contributed by atoms with Gasteiger partial charge in [-0.2, -0.15) is 4.68 Å². The van der Waals surface area contributed by atoms with Crippen molar-refractivity contribution in [2.24, 2.45) is 0 Å². The summed E-state index contributed by atoms with van der Waals surface area (Å²) in [5, 5.41) is 3.98. The molecule has 9 nitrogen and oxygen atoms in total. The Hall–Kier alpha value is -2.94. The van der Waals surface area contributed by atoms with Crippen LogP contribution in [0.2, 0.25) is 0 Å². The molecule has 3 rings (SSSR count). The minimum absolute atomic E-state index is 0.0708. The van der Waals surface area contributed by atoms with E-state index in [1.807, 2.05) is 19.9 Å². The maximum Gasteiger partial charge on any atom is 0.437 e. The van der Waals surface area contributed by atoms with Gasteiger partial charge in [-0.3, -0.25) is 9.59 Å². The zero-order chi connectivity index (χ0) is 19.4. The molecule has 1 aromatic carbocycles. The molecule has 2 atom stereocenters. The van der Waals surface area contributed by atoms with Crippen molar-refractivity contribution < 1.29 is 23.5 Å². The summed E-state index contributed by atoms with van der Waals surface area (Å²) >= 11 is 0. The Kier molecular flexibility index (Phi) is 5.70. The van der Waals surface area contributed by atoms with E-state index in [4.69, 9.17) is 13.9 Å². The number of morpholine rings is 1. The fourth-order valence-electron chi connectivity index (χ4n) is 2.89. The van der Waals surface area contributed by atoms with Gasteiger partial charge < -0.3 is 18.8 Å². The van der Waals surface area contributed by atoms with Gasteiger partial charge >= 0.3 is 11.7 Å². The van der Waals surface area contributed by atoms with E-state index in [1.54, 1.807) is 29.2 Å². The summed E-state index contributed by atoms with van der Waals surface area (Å²) in [6, 6.07) is 8.85. The van der Waals surface area contributed by atoms with Crippen LogP contribution < -0.4 is 5.76 Å². The Bertz CT molecular complexity index is 849. The van der Waals surface area contributed by atoms with Crippen LogP contribution >= 0.6 is 0 Å². The third-order valence-corrected chi connectivity index (χ3v) is 4.03. The summed E-state index contributed by atoms with van der Waals surface area (Å²) < 4.78 is 16.5. The molecule has 27 heavy (non-hydrogen) atoms. The van der Waals surface area contributed by atoms with Gasteiger partial charge in [0.25, 0.3) is 5.91 Å². The smallest absolute Gasteiger partial charge is 0.437 e. The lowest BCUT2D eigenvalue weighted by Gasteiger charge is -2.35. The van der Waals surface area contributed by atoms with E-state index in [0.29, 0.717) is 18.7 Å². The second kappa shape index (κ2) is 8.17. The zero-order valence-electron chi connectivity index (χ0n) is 15.2. The van der Waals surface area contributed by atoms with Gasteiger partial charge in [0.05, 0.1) is 12.2 Å². The number of nitrogens with zero attached hydrogens (tertiary/aromatic N) is 3. The molecule has 1 aliphatic heterocycles. The highest BCUT2D eigenvalue weighted by Gasteiger charge is 2.26. The van der Waals surface area contributed by atoms with Crippen LogP contribution in [0.5, 0.6) is 0 Å². The second-order valence-corrected chi connectivity index (χ2v) is 6.41. The average Bonchev–Trinajstić information content (AvgIpc) is 3.00. The normalized spacial score (nSPS) is 19.7. The SMILES string of the molecule is C[C@@H]1CN(C(=O)COC(=O)Cn2nc(-c3ccccc3)oc2=O)C[C@H](C)O1. The lowest BCUT2D eigenvalue weighted by atomic mass is 10.2. The van der Waals surface area contributed by atoms with Crippen molar-refractivity contribution in [3.8, 4) is 11.5 Å². The Morgan fingerprint density at radius 2 is 1.85 bits per heavy atom. The van der Waals surface area contributed by atoms with Crippen molar-refractivity contribution in [3.05, 3.63) is 40.9 Å². The molecule has 0 spiro atoms. The van der Waals surface area contributed by atoms with Crippen LogP contribution in [-0.2, 0) is 25.6 Å². The molecule has 0 unspecified atom stereocenters. The monoisotopic (exact) mass is 375 g/mol. The first-order valence-corrected chi connectivity index (χ1v) is 8.64. The lowest BCUT2D eigenvalue weighted by Crippen LogP contribution is -2.49. The summed E-state index contributed by atoms with van der Waals surface area (Å²) in [7, 11) is 0. The van der Waals surface area contributed by atoms with Gasteiger partial charge in [0.2, 0.25) is 5.89 Å². The van der Waals surface area contributed by atoms with Crippen LogP contribution in [0.4, 0.5) is 0 Å². The van der Waals surface area contributed by atoms with Crippen molar-refractivity contribution in [2.75, 3.05) is 19.7 Å². The summed E-state index contributed by atoms with van der Waals surface area (Å²) in [4.78, 5) is 37.6. The van der Waals surface area contributed by atoms with Crippen LogP contribution in [0.3, 0.4) is 0 Å². The first-order chi connectivity index (χ1) is 12.9. The number of hydrogen-bond acceptors (Lipinski definition) is 7. The minimum atomic E-state index is -0.770. The summed E-state index contributed by atoms with van der Waals surface area (Å²) in [6.45, 7) is 3.83. The third kappa shape index (κ3) is 4.82. The number of carbonyl (C=O) groups excluding carboxylic acids is 2. The first kappa shape index (κ1) is 18.8. The van der Waals surface area contributed by atoms with Gasteiger partial charge in [-0.05, 0) is 26.0 Å². The van der Waals surface area contributed by atoms with Gasteiger partial charge in [0, 0.05) is 18.7 Å². The van der Waals surface area contributed by atoms with Gasteiger partial charge in [0.1, 0.15) is 6.54 Å². The van der Waals surface area contributed by atoms with Crippen LogP contribution in [0, 0.1) is 0 Å². The van der Waals surface area contributed by atoms with Crippen LogP contribution in [0.25, 0.3) is 11.5 Å². The Labute approximate surface area is 155 Å². The number of hydrogen-bond donors (Lipinski definition) is 0. The van der Waals surface area contributed by atoms with E-state index in [-0.39, 0.29) is 24.0 Å². The standard InChI is InChI=1S/C18H21N3O6/c1-12-8-20(9-13(2)26-12)15(22)11-25-16(23)10-21-18(24)27-17(19-21)14-6-4-3-5-7-14/h3-7,12-13H,8-11H2,1-2H3/t12-,13+. The molecule has 144 valence electrons. The highest BCUT2D eigenvalue weighted by molar-refractivity contribution is 5.80. The highest BCUT2D eigenvalue weighted by atomic mass is 16.5. The molecule has 1 aromatic heterocycles. The Morgan fingerprint density at radius 3 is 2.52 bits per heavy atom. The molecule has 0 saturated carbocycles. The molecule has 1 aliphatic rings. The largest absolute Gasteiger partial charge is 0.454 e. The van der Waals surface area contributed by atoms with Crippen LogP contribution in [0.1, 0.15) is 13.8 Å². The maximum atomic E-state index is 12.2. The molecule has 0 aliphatic carbocycles. The topological polar surface area (TPSA) is 104 Å².